The van der Waals surface area contributed by atoms with E-state index < -0.39 is 11.9 Å². The summed E-state index contributed by atoms with van der Waals surface area (Å²) in [4.78, 5) is 40.1. The van der Waals surface area contributed by atoms with Crippen LogP contribution in [0.5, 0.6) is 0 Å². The first kappa shape index (κ1) is 20.3. The van der Waals surface area contributed by atoms with Gasteiger partial charge < -0.3 is 19.3 Å². The number of nitrogens with zero attached hydrogens (tertiary/aromatic N) is 2. The molecule has 0 spiro atoms. The van der Waals surface area contributed by atoms with Crippen molar-refractivity contribution < 1.29 is 23.9 Å². The molecule has 1 aliphatic heterocycles. The average molecular weight is 391 g/mol. The van der Waals surface area contributed by atoms with Gasteiger partial charge in [-0.1, -0.05) is 17.7 Å². The molecule has 0 fully saturated rings. The molecule has 7 nitrogen and oxygen atoms in total. The Bertz CT molecular complexity index is 871. The Hall–Kier alpha value is -3.06. The topological polar surface area (TPSA) is 76.2 Å². The zero-order valence-corrected chi connectivity index (χ0v) is 16.1. The highest BCUT2D eigenvalue weighted by molar-refractivity contribution is 6.31. The van der Waals surface area contributed by atoms with Crippen molar-refractivity contribution in [2.45, 2.75) is 0 Å². The summed E-state index contributed by atoms with van der Waals surface area (Å²) in [5.74, 6) is -1.78. The molecule has 0 radical (unpaired) electrons. The van der Waals surface area contributed by atoms with Gasteiger partial charge in [0.05, 0.1) is 31.0 Å². The Morgan fingerprint density at radius 3 is 2.30 bits per heavy atom. The van der Waals surface area contributed by atoms with Gasteiger partial charge in [0.2, 0.25) is 0 Å². The van der Waals surface area contributed by atoms with Gasteiger partial charge in [0.15, 0.2) is 0 Å². The first-order chi connectivity index (χ1) is 12.8. The molecule has 142 valence electrons. The van der Waals surface area contributed by atoms with Crippen molar-refractivity contribution in [3.63, 3.8) is 0 Å². The van der Waals surface area contributed by atoms with Crippen molar-refractivity contribution in [1.29, 1.82) is 0 Å². The molecule has 1 amide bonds. The van der Waals surface area contributed by atoms with Crippen LogP contribution in [-0.4, -0.2) is 51.1 Å². The summed E-state index contributed by atoms with van der Waals surface area (Å²) in [5, 5.41) is 0.356. The minimum atomic E-state index is -0.769. The van der Waals surface area contributed by atoms with Gasteiger partial charge in [-0.3, -0.25) is 4.79 Å². The van der Waals surface area contributed by atoms with E-state index in [1.54, 1.807) is 38.4 Å². The summed E-state index contributed by atoms with van der Waals surface area (Å²) in [5.41, 5.74) is 0.506. The Balaban J connectivity index is 2.78. The predicted molar refractivity (Wildman–Crippen MR) is 101 cm³/mol. The summed E-state index contributed by atoms with van der Waals surface area (Å²) in [6.07, 6.45) is 6.17. The quantitative estimate of drug-likeness (QED) is 0.735. The minimum absolute atomic E-state index is 0.0161. The van der Waals surface area contributed by atoms with Gasteiger partial charge in [-0.2, -0.15) is 0 Å². The van der Waals surface area contributed by atoms with Crippen LogP contribution in [0, 0.1) is 0 Å². The molecule has 0 saturated carbocycles. The highest BCUT2D eigenvalue weighted by Gasteiger charge is 2.30. The molecule has 8 heteroatoms. The van der Waals surface area contributed by atoms with Gasteiger partial charge in [-0.05, 0) is 30.4 Å². The molecule has 1 heterocycles. The fourth-order valence-electron chi connectivity index (χ4n) is 2.48. The van der Waals surface area contributed by atoms with Crippen LogP contribution in [0.15, 0.2) is 53.9 Å². The lowest BCUT2D eigenvalue weighted by atomic mass is 10.1. The number of esters is 2. The second-order valence-corrected chi connectivity index (χ2v) is 6.11. The average Bonchev–Trinajstić information content (AvgIpc) is 2.88. The Morgan fingerprint density at radius 1 is 1.04 bits per heavy atom. The van der Waals surface area contributed by atoms with Crippen LogP contribution in [0.25, 0.3) is 0 Å². The molecule has 27 heavy (non-hydrogen) atoms. The van der Waals surface area contributed by atoms with Crippen molar-refractivity contribution in [2.75, 3.05) is 33.2 Å². The standard InChI is InChI=1S/C19H19ClN2O5/c1-21(2)17(23)13-9-8-12(20)11-15(13)22-10-6-5-7-14(18(24)26-3)16(22)19(25)27-4/h5-11H,1-4H3. The maximum Gasteiger partial charge on any atom is 0.355 e. The van der Waals surface area contributed by atoms with Crippen molar-refractivity contribution in [3.8, 4) is 0 Å². The van der Waals surface area contributed by atoms with Crippen LogP contribution in [0.4, 0.5) is 5.69 Å². The van der Waals surface area contributed by atoms with E-state index in [9.17, 15) is 14.4 Å². The maximum atomic E-state index is 12.6. The first-order valence-electron chi connectivity index (χ1n) is 7.88. The summed E-state index contributed by atoms with van der Waals surface area (Å²) in [6.45, 7) is 0. The molecule has 0 aromatic heterocycles. The van der Waals surface area contributed by atoms with Crippen LogP contribution in [-0.2, 0) is 19.1 Å². The molecule has 1 aromatic carbocycles. The van der Waals surface area contributed by atoms with Crippen LogP contribution < -0.4 is 4.90 Å². The lowest BCUT2D eigenvalue weighted by Gasteiger charge is -2.26. The van der Waals surface area contributed by atoms with Crippen LogP contribution in [0.3, 0.4) is 0 Å². The smallest absolute Gasteiger partial charge is 0.355 e. The number of hydrogen-bond donors (Lipinski definition) is 0. The number of hydrogen-bond acceptors (Lipinski definition) is 6. The normalized spacial score (nSPS) is 13.3. The Morgan fingerprint density at radius 2 is 1.70 bits per heavy atom. The van der Waals surface area contributed by atoms with Crippen LogP contribution in [0.2, 0.25) is 5.02 Å². The van der Waals surface area contributed by atoms with E-state index in [0.29, 0.717) is 16.3 Å². The molecular weight excluding hydrogens is 372 g/mol. The monoisotopic (exact) mass is 390 g/mol. The van der Waals surface area contributed by atoms with Gasteiger partial charge in [0, 0.05) is 25.3 Å². The van der Waals surface area contributed by atoms with Gasteiger partial charge in [-0.15, -0.1) is 0 Å². The zero-order valence-electron chi connectivity index (χ0n) is 15.4. The number of allylic oxidation sites excluding steroid dienone is 2. The predicted octanol–water partition coefficient (Wildman–Crippen LogP) is 2.53. The van der Waals surface area contributed by atoms with Gasteiger partial charge in [0.25, 0.3) is 5.91 Å². The third-order valence-corrected chi connectivity index (χ3v) is 3.98. The molecule has 0 atom stereocenters. The van der Waals surface area contributed by atoms with E-state index in [-0.39, 0.29) is 17.2 Å². The molecule has 0 aliphatic carbocycles. The molecule has 1 aromatic rings. The van der Waals surface area contributed by atoms with E-state index in [1.807, 2.05) is 0 Å². The number of carbonyl (C=O) groups is 3. The van der Waals surface area contributed by atoms with E-state index in [0.717, 1.165) is 0 Å². The van der Waals surface area contributed by atoms with Gasteiger partial charge >= 0.3 is 11.9 Å². The number of carbonyl (C=O) groups excluding carboxylic acids is 3. The number of rotatable bonds is 4. The lowest BCUT2D eigenvalue weighted by Crippen LogP contribution is -2.30. The number of anilines is 1. The van der Waals surface area contributed by atoms with Crippen molar-refractivity contribution in [3.05, 3.63) is 64.5 Å². The molecular formula is C19H19ClN2O5. The van der Waals surface area contributed by atoms with Crippen molar-refractivity contribution >= 4 is 35.1 Å². The highest BCUT2D eigenvalue weighted by atomic mass is 35.5. The molecule has 0 N–H and O–H groups in total. The van der Waals surface area contributed by atoms with Crippen LogP contribution in [0.1, 0.15) is 10.4 Å². The Labute approximate surface area is 162 Å². The lowest BCUT2D eigenvalue weighted by molar-refractivity contribution is -0.139. The summed E-state index contributed by atoms with van der Waals surface area (Å²) < 4.78 is 9.64. The van der Waals surface area contributed by atoms with E-state index in [2.05, 4.69) is 0 Å². The Kier molecular flexibility index (Phi) is 6.41. The number of benzene rings is 1. The van der Waals surface area contributed by atoms with E-state index in [1.165, 1.54) is 42.4 Å². The highest BCUT2D eigenvalue weighted by Crippen LogP contribution is 2.32. The summed E-state index contributed by atoms with van der Waals surface area (Å²) >= 11 is 6.13. The third kappa shape index (κ3) is 4.20. The molecule has 0 unspecified atom stereocenters. The third-order valence-electron chi connectivity index (χ3n) is 3.75. The largest absolute Gasteiger partial charge is 0.465 e. The minimum Gasteiger partial charge on any atom is -0.465 e. The number of amides is 1. The van der Waals surface area contributed by atoms with Gasteiger partial charge in [0.1, 0.15) is 5.70 Å². The SMILES string of the molecule is COC(=O)C1=C(C(=O)OC)N(c2cc(Cl)ccc2C(=O)N(C)C)C=CC=C1. The van der Waals surface area contributed by atoms with Gasteiger partial charge in [-0.25, -0.2) is 9.59 Å². The number of ether oxygens (including phenoxy) is 2. The molecule has 0 bridgehead atoms. The van der Waals surface area contributed by atoms with Crippen molar-refractivity contribution in [2.24, 2.45) is 0 Å². The fraction of sp³-hybridized carbons (Fsp3) is 0.211. The fourth-order valence-corrected chi connectivity index (χ4v) is 2.64. The summed E-state index contributed by atoms with van der Waals surface area (Å²) in [7, 11) is 5.63. The van der Waals surface area contributed by atoms with E-state index >= 15 is 0 Å². The van der Waals surface area contributed by atoms with Crippen LogP contribution >= 0.6 is 11.6 Å². The number of methoxy groups -OCH3 is 2. The molecule has 1 aliphatic rings. The second-order valence-electron chi connectivity index (χ2n) is 5.68. The zero-order chi connectivity index (χ0) is 20.1. The number of halogens is 1. The second kappa shape index (κ2) is 8.55. The van der Waals surface area contributed by atoms with E-state index in [4.69, 9.17) is 21.1 Å². The molecule has 0 saturated heterocycles. The maximum absolute atomic E-state index is 12.6. The summed E-state index contributed by atoms with van der Waals surface area (Å²) in [6, 6.07) is 4.66. The molecule has 2 rings (SSSR count). The first-order valence-corrected chi connectivity index (χ1v) is 8.25. The van der Waals surface area contributed by atoms with Crippen molar-refractivity contribution in [1.82, 2.24) is 4.90 Å².